The highest BCUT2D eigenvalue weighted by Crippen LogP contribution is 2.38. The zero-order chi connectivity index (χ0) is 21.0. The standard InChI is InChI=1S/C23H16F3NO3/c1-13-20-14(10-19-17-4-2-3-5-18(17)22(28)30-21(13)19)11-27(12-29-20)16-8-6-15(7-9-16)23(24,25)26/h2-10H,11-12H2,1H3. The van der Waals surface area contributed by atoms with Crippen LogP contribution in [-0.4, -0.2) is 6.73 Å². The van der Waals surface area contributed by atoms with Crippen LogP contribution in [0.3, 0.4) is 0 Å². The number of benzene rings is 3. The van der Waals surface area contributed by atoms with E-state index < -0.39 is 17.4 Å². The fourth-order valence-electron chi connectivity index (χ4n) is 3.97. The molecule has 30 heavy (non-hydrogen) atoms. The minimum Gasteiger partial charge on any atom is -0.472 e. The van der Waals surface area contributed by atoms with Gasteiger partial charge in [-0.1, -0.05) is 18.2 Å². The van der Waals surface area contributed by atoms with Gasteiger partial charge in [-0.15, -0.1) is 0 Å². The van der Waals surface area contributed by atoms with Crippen molar-refractivity contribution >= 4 is 27.4 Å². The number of anilines is 1. The lowest BCUT2D eigenvalue weighted by molar-refractivity contribution is -0.137. The smallest absolute Gasteiger partial charge is 0.416 e. The van der Waals surface area contributed by atoms with Crippen LogP contribution in [0.15, 0.2) is 63.8 Å². The Morgan fingerprint density at radius 1 is 0.967 bits per heavy atom. The van der Waals surface area contributed by atoms with Crippen molar-refractivity contribution in [1.82, 2.24) is 0 Å². The molecule has 4 nitrogen and oxygen atoms in total. The summed E-state index contributed by atoms with van der Waals surface area (Å²) in [5, 5.41) is 2.10. The molecule has 0 radical (unpaired) electrons. The molecule has 2 heterocycles. The second-order valence-electron chi connectivity index (χ2n) is 7.32. The Kier molecular flexibility index (Phi) is 4.03. The van der Waals surface area contributed by atoms with Gasteiger partial charge in [-0.25, -0.2) is 4.79 Å². The van der Waals surface area contributed by atoms with Gasteiger partial charge in [0, 0.05) is 28.7 Å². The number of ether oxygens (including phenoxy) is 1. The molecular formula is C23H16F3NO3. The van der Waals surface area contributed by atoms with Gasteiger partial charge in [0.05, 0.1) is 10.9 Å². The monoisotopic (exact) mass is 411 g/mol. The molecule has 0 aliphatic carbocycles. The van der Waals surface area contributed by atoms with Crippen molar-refractivity contribution in [2.45, 2.75) is 19.6 Å². The summed E-state index contributed by atoms with van der Waals surface area (Å²) < 4.78 is 50.0. The first kappa shape index (κ1) is 18.5. The van der Waals surface area contributed by atoms with Gasteiger partial charge >= 0.3 is 11.8 Å². The fraction of sp³-hybridized carbons (Fsp3) is 0.174. The first-order valence-corrected chi connectivity index (χ1v) is 9.36. The summed E-state index contributed by atoms with van der Waals surface area (Å²) in [6.45, 7) is 2.49. The number of aryl methyl sites for hydroxylation is 1. The molecule has 0 amide bonds. The summed E-state index contributed by atoms with van der Waals surface area (Å²) in [6.07, 6.45) is -4.37. The van der Waals surface area contributed by atoms with E-state index in [-0.39, 0.29) is 6.73 Å². The predicted molar refractivity (Wildman–Crippen MR) is 108 cm³/mol. The second-order valence-corrected chi connectivity index (χ2v) is 7.32. The van der Waals surface area contributed by atoms with E-state index in [0.29, 0.717) is 29.0 Å². The zero-order valence-corrected chi connectivity index (χ0v) is 15.9. The van der Waals surface area contributed by atoms with Gasteiger partial charge in [-0.3, -0.25) is 0 Å². The molecule has 4 aromatic rings. The van der Waals surface area contributed by atoms with E-state index in [9.17, 15) is 18.0 Å². The molecule has 0 atom stereocenters. The maximum atomic E-state index is 12.8. The summed E-state index contributed by atoms with van der Waals surface area (Å²) in [7, 11) is 0. The molecule has 1 aliphatic rings. The Balaban J connectivity index is 1.59. The van der Waals surface area contributed by atoms with Gasteiger partial charge < -0.3 is 14.1 Å². The Morgan fingerprint density at radius 3 is 2.37 bits per heavy atom. The van der Waals surface area contributed by atoms with Crippen LogP contribution in [0.5, 0.6) is 5.75 Å². The van der Waals surface area contributed by atoms with Crippen LogP contribution in [0.4, 0.5) is 18.9 Å². The van der Waals surface area contributed by atoms with Crippen molar-refractivity contribution in [2.75, 3.05) is 11.6 Å². The zero-order valence-electron chi connectivity index (χ0n) is 15.9. The van der Waals surface area contributed by atoms with Crippen molar-refractivity contribution in [2.24, 2.45) is 0 Å². The largest absolute Gasteiger partial charge is 0.472 e. The fourth-order valence-corrected chi connectivity index (χ4v) is 3.97. The van der Waals surface area contributed by atoms with Crippen molar-refractivity contribution in [3.8, 4) is 5.75 Å². The summed E-state index contributed by atoms with van der Waals surface area (Å²) >= 11 is 0. The molecule has 0 saturated carbocycles. The first-order valence-electron chi connectivity index (χ1n) is 9.36. The lowest BCUT2D eigenvalue weighted by Gasteiger charge is -2.32. The number of hydrogen-bond donors (Lipinski definition) is 0. The molecule has 0 unspecified atom stereocenters. The number of nitrogens with zero attached hydrogens (tertiary/aromatic N) is 1. The third kappa shape index (κ3) is 2.89. The van der Waals surface area contributed by atoms with Crippen LogP contribution < -0.4 is 15.3 Å². The topological polar surface area (TPSA) is 42.7 Å². The van der Waals surface area contributed by atoms with E-state index in [0.717, 1.165) is 34.0 Å². The third-order valence-corrected chi connectivity index (χ3v) is 5.45. The SMILES string of the molecule is Cc1c2c(cc3c1oc(=O)c1ccccc13)CN(c1ccc(C(F)(F)F)cc1)CO2. The first-order chi connectivity index (χ1) is 14.3. The molecule has 0 N–H and O–H groups in total. The number of halogens is 3. The summed E-state index contributed by atoms with van der Waals surface area (Å²) in [4.78, 5) is 14.2. The number of fused-ring (bicyclic) bond motifs is 4. The molecule has 1 aromatic heterocycles. The molecule has 1 aliphatic heterocycles. The summed E-state index contributed by atoms with van der Waals surface area (Å²) in [5.41, 5.74) is 1.65. The molecule has 0 saturated heterocycles. The lowest BCUT2D eigenvalue weighted by atomic mass is 10.00. The van der Waals surface area contributed by atoms with Gasteiger partial charge in [0.25, 0.3) is 0 Å². The Bertz CT molecular complexity index is 1340. The maximum Gasteiger partial charge on any atom is 0.416 e. The van der Waals surface area contributed by atoms with Crippen LogP contribution >= 0.6 is 0 Å². The second kappa shape index (κ2) is 6.52. The number of alkyl halides is 3. The quantitative estimate of drug-likeness (QED) is 0.301. The van der Waals surface area contributed by atoms with Crippen LogP contribution in [0.2, 0.25) is 0 Å². The van der Waals surface area contributed by atoms with E-state index in [1.807, 2.05) is 30.0 Å². The third-order valence-electron chi connectivity index (χ3n) is 5.45. The minimum absolute atomic E-state index is 0.183. The highest BCUT2D eigenvalue weighted by Gasteiger charge is 2.30. The van der Waals surface area contributed by atoms with Crippen molar-refractivity contribution in [3.63, 3.8) is 0 Å². The molecule has 7 heteroatoms. The van der Waals surface area contributed by atoms with Crippen LogP contribution in [0.25, 0.3) is 21.7 Å². The van der Waals surface area contributed by atoms with Gasteiger partial charge in [0.1, 0.15) is 11.3 Å². The molecule has 0 fully saturated rings. The Hall–Kier alpha value is -3.48. The van der Waals surface area contributed by atoms with E-state index in [1.54, 1.807) is 12.1 Å². The van der Waals surface area contributed by atoms with E-state index in [4.69, 9.17) is 9.15 Å². The maximum absolute atomic E-state index is 12.8. The van der Waals surface area contributed by atoms with Crippen LogP contribution in [0, 0.1) is 6.92 Å². The molecule has 152 valence electrons. The molecule has 0 bridgehead atoms. The number of hydrogen-bond acceptors (Lipinski definition) is 4. The molecule has 3 aromatic carbocycles. The number of rotatable bonds is 1. The van der Waals surface area contributed by atoms with Gasteiger partial charge in [0.15, 0.2) is 6.73 Å². The minimum atomic E-state index is -4.37. The Morgan fingerprint density at radius 2 is 1.67 bits per heavy atom. The highest BCUT2D eigenvalue weighted by molar-refractivity contribution is 6.06. The van der Waals surface area contributed by atoms with Crippen LogP contribution in [-0.2, 0) is 12.7 Å². The van der Waals surface area contributed by atoms with Gasteiger partial charge in [-0.2, -0.15) is 13.2 Å². The molecule has 5 rings (SSSR count). The van der Waals surface area contributed by atoms with Crippen LogP contribution in [0.1, 0.15) is 16.7 Å². The molecule has 0 spiro atoms. The van der Waals surface area contributed by atoms with Crippen molar-refractivity contribution in [1.29, 1.82) is 0 Å². The van der Waals surface area contributed by atoms with E-state index >= 15 is 0 Å². The van der Waals surface area contributed by atoms with Crippen molar-refractivity contribution < 1.29 is 22.3 Å². The molecular weight excluding hydrogens is 395 g/mol. The predicted octanol–water partition coefficient (Wildman–Crippen LogP) is 5.63. The summed E-state index contributed by atoms with van der Waals surface area (Å²) in [6, 6.07) is 14.2. The Labute approximate surface area is 169 Å². The average Bonchev–Trinajstić information content (AvgIpc) is 2.74. The lowest BCUT2D eigenvalue weighted by Crippen LogP contribution is -2.32. The van der Waals surface area contributed by atoms with E-state index in [1.165, 1.54) is 12.1 Å². The summed E-state index contributed by atoms with van der Waals surface area (Å²) in [5.74, 6) is 0.643. The van der Waals surface area contributed by atoms with Gasteiger partial charge in [0.2, 0.25) is 0 Å². The van der Waals surface area contributed by atoms with Crippen molar-refractivity contribution in [3.05, 3.63) is 81.7 Å². The normalized spacial score (nSPS) is 14.1. The van der Waals surface area contributed by atoms with E-state index in [2.05, 4.69) is 0 Å². The highest BCUT2D eigenvalue weighted by atomic mass is 19.4. The average molecular weight is 411 g/mol. The van der Waals surface area contributed by atoms with Gasteiger partial charge in [-0.05, 0) is 48.7 Å².